The zero-order chi connectivity index (χ0) is 27.4. The Morgan fingerprint density at radius 2 is 2.00 bits per heavy atom. The number of benzene rings is 1. The van der Waals surface area contributed by atoms with E-state index in [-0.39, 0.29) is 11.9 Å². The number of nitrogens with zero attached hydrogens (tertiary/aromatic N) is 8. The predicted octanol–water partition coefficient (Wildman–Crippen LogP) is 3.85. The minimum Gasteiger partial charge on any atom is -0.362 e. The summed E-state index contributed by atoms with van der Waals surface area (Å²) in [6.07, 6.45) is 3.22. The number of aromatic nitrogens is 4. The molecule has 1 amide bonds. The van der Waals surface area contributed by atoms with Crippen LogP contribution in [0.3, 0.4) is 0 Å². The first-order valence-corrected chi connectivity index (χ1v) is 13.5. The number of likely N-dealkylation sites (tertiary alicyclic amines) is 1. The molecule has 0 spiro atoms. The zero-order valence-electron chi connectivity index (χ0n) is 22.9. The van der Waals surface area contributed by atoms with Crippen LogP contribution in [0.2, 0.25) is 0 Å². The monoisotopic (exact) mass is 528 g/mol. The normalized spacial score (nSPS) is 18.5. The van der Waals surface area contributed by atoms with Gasteiger partial charge in [-0.25, -0.2) is 8.91 Å². The maximum Gasteiger partial charge on any atom is 0.236 e. The number of amides is 1. The number of piperidine rings is 1. The number of hydrogen-bond acceptors (Lipinski definition) is 6. The smallest absolute Gasteiger partial charge is 0.236 e. The van der Waals surface area contributed by atoms with E-state index in [0.717, 1.165) is 48.2 Å². The Bertz CT molecular complexity index is 1620. The Hall–Kier alpha value is -3.97. The van der Waals surface area contributed by atoms with Crippen LogP contribution < -0.4 is 4.90 Å². The van der Waals surface area contributed by atoms with Gasteiger partial charge in [-0.2, -0.15) is 15.5 Å². The molecule has 39 heavy (non-hydrogen) atoms. The molecule has 0 bridgehead atoms. The number of pyridine rings is 1. The van der Waals surface area contributed by atoms with E-state index in [2.05, 4.69) is 51.6 Å². The van der Waals surface area contributed by atoms with E-state index in [1.54, 1.807) is 25.1 Å². The van der Waals surface area contributed by atoms with Crippen molar-refractivity contribution >= 4 is 28.0 Å². The molecule has 3 aromatic heterocycles. The van der Waals surface area contributed by atoms with Gasteiger partial charge in [0.25, 0.3) is 0 Å². The number of aryl methyl sites for hydroxylation is 1. The molecule has 4 aromatic rings. The van der Waals surface area contributed by atoms with Gasteiger partial charge in [-0.3, -0.25) is 14.4 Å². The maximum atomic E-state index is 14.8. The summed E-state index contributed by atoms with van der Waals surface area (Å²) in [6.45, 7) is 7.88. The molecule has 10 heteroatoms. The van der Waals surface area contributed by atoms with Crippen LogP contribution >= 0.6 is 0 Å². The van der Waals surface area contributed by atoms with Gasteiger partial charge in [0, 0.05) is 26.0 Å². The third kappa shape index (κ3) is 4.31. The van der Waals surface area contributed by atoms with Crippen LogP contribution in [0.25, 0.3) is 16.4 Å². The highest BCUT2D eigenvalue weighted by molar-refractivity contribution is 5.85. The zero-order valence-corrected chi connectivity index (χ0v) is 22.9. The summed E-state index contributed by atoms with van der Waals surface area (Å²) < 4.78 is 18.3. The molecule has 2 aliphatic heterocycles. The summed E-state index contributed by atoms with van der Waals surface area (Å²) in [5, 5.41) is 19.7. The average molecular weight is 529 g/mol. The van der Waals surface area contributed by atoms with E-state index < -0.39 is 5.82 Å². The van der Waals surface area contributed by atoms with Gasteiger partial charge < -0.3 is 9.80 Å². The van der Waals surface area contributed by atoms with E-state index in [0.29, 0.717) is 36.8 Å². The number of likely N-dealkylation sites (N-methyl/N-ethyl adjacent to an activating group) is 1. The van der Waals surface area contributed by atoms with Crippen LogP contribution in [0, 0.1) is 24.1 Å². The summed E-state index contributed by atoms with van der Waals surface area (Å²) in [5.74, 6) is 0.163. The average Bonchev–Trinajstić information content (AvgIpc) is 3.49. The summed E-state index contributed by atoms with van der Waals surface area (Å²) in [5.41, 5.74) is 6.06. The van der Waals surface area contributed by atoms with Crippen molar-refractivity contribution < 1.29 is 9.18 Å². The van der Waals surface area contributed by atoms with Crippen molar-refractivity contribution in [1.82, 2.24) is 29.2 Å². The molecule has 0 radical (unpaired) electrons. The van der Waals surface area contributed by atoms with Gasteiger partial charge in [0.2, 0.25) is 5.91 Å². The van der Waals surface area contributed by atoms with E-state index in [1.807, 2.05) is 6.07 Å². The lowest BCUT2D eigenvalue weighted by atomic mass is 9.86. The summed E-state index contributed by atoms with van der Waals surface area (Å²) >= 11 is 0. The second-order valence-corrected chi connectivity index (χ2v) is 11.2. The fourth-order valence-electron chi connectivity index (χ4n) is 6.24. The molecule has 9 nitrogen and oxygen atoms in total. The molecule has 0 N–H and O–H groups in total. The number of carbonyl (C=O) groups is 1. The highest BCUT2D eigenvalue weighted by Gasteiger charge is 2.30. The first-order chi connectivity index (χ1) is 18.7. The predicted molar refractivity (Wildman–Crippen MR) is 147 cm³/mol. The van der Waals surface area contributed by atoms with Gasteiger partial charge in [-0.1, -0.05) is 0 Å². The van der Waals surface area contributed by atoms with E-state index in [9.17, 15) is 14.4 Å². The van der Waals surface area contributed by atoms with Gasteiger partial charge in [-0.05, 0) is 81.1 Å². The largest absolute Gasteiger partial charge is 0.362 e. The maximum absolute atomic E-state index is 14.8. The molecular weight excluding hydrogens is 495 g/mol. The van der Waals surface area contributed by atoms with Gasteiger partial charge in [0.1, 0.15) is 17.3 Å². The van der Waals surface area contributed by atoms with Crippen molar-refractivity contribution in [3.63, 3.8) is 0 Å². The molecule has 2 aliphatic rings. The number of halogens is 1. The molecule has 6 rings (SSSR count). The van der Waals surface area contributed by atoms with Crippen LogP contribution in [-0.2, 0) is 11.3 Å². The minimum atomic E-state index is -0.434. The lowest BCUT2D eigenvalue weighted by Crippen LogP contribution is -2.40. The summed E-state index contributed by atoms with van der Waals surface area (Å²) in [6, 6.07) is 10.2. The molecule has 5 heterocycles. The van der Waals surface area contributed by atoms with Gasteiger partial charge in [-0.15, -0.1) is 0 Å². The van der Waals surface area contributed by atoms with E-state index >= 15 is 0 Å². The van der Waals surface area contributed by atoms with Crippen molar-refractivity contribution in [2.75, 3.05) is 45.2 Å². The number of rotatable bonds is 4. The Morgan fingerprint density at radius 3 is 2.72 bits per heavy atom. The molecular formula is C29H33FN8O. The number of fused-ring (bicyclic) bond motifs is 4. The van der Waals surface area contributed by atoms with E-state index in [1.165, 1.54) is 21.8 Å². The Morgan fingerprint density at radius 1 is 1.23 bits per heavy atom. The quantitative estimate of drug-likeness (QED) is 0.400. The topological polar surface area (TPSA) is 85.7 Å². The number of carbonyl (C=O) groups excluding carboxylic acids is 1. The van der Waals surface area contributed by atoms with Crippen molar-refractivity contribution in [2.45, 2.75) is 45.2 Å². The molecule has 0 aliphatic carbocycles. The van der Waals surface area contributed by atoms with Gasteiger partial charge in [0.15, 0.2) is 5.82 Å². The second kappa shape index (κ2) is 9.65. The minimum absolute atomic E-state index is 0.0871. The Balaban J connectivity index is 1.29. The fraction of sp³-hybridized carbons (Fsp3) is 0.448. The molecule has 1 saturated heterocycles. The highest BCUT2D eigenvalue weighted by atomic mass is 19.1. The van der Waals surface area contributed by atoms with Crippen molar-refractivity contribution in [1.29, 1.82) is 5.26 Å². The standard InChI is InChI=1S/C29H33FN8O/c1-18-11-23-25(12-22(18)20-7-9-35(10-8-20)17-28(39)34(3)4)33-37-19(2)15-36(16-27(23)37)26-6-5-21(13-31)38-29(26)24(30)14-32-38/h5-6,11-12,14,19-20H,7-10,15-17H2,1-4H3/t19-/m1/s1. The molecule has 1 aromatic carbocycles. The molecule has 202 valence electrons. The Kier molecular flexibility index (Phi) is 6.26. The highest BCUT2D eigenvalue weighted by Crippen LogP contribution is 2.37. The van der Waals surface area contributed by atoms with Crippen LogP contribution in [-0.4, -0.2) is 75.4 Å². The third-order valence-electron chi connectivity index (χ3n) is 8.36. The molecule has 0 unspecified atom stereocenters. The first kappa shape index (κ1) is 25.3. The van der Waals surface area contributed by atoms with Crippen molar-refractivity contribution in [2.24, 2.45) is 0 Å². The lowest BCUT2D eigenvalue weighted by molar-refractivity contribution is -0.130. The first-order valence-electron chi connectivity index (χ1n) is 13.5. The van der Waals surface area contributed by atoms with Crippen molar-refractivity contribution in [3.05, 3.63) is 58.8 Å². The Labute approximate surface area is 227 Å². The van der Waals surface area contributed by atoms with Gasteiger partial charge >= 0.3 is 0 Å². The fourth-order valence-corrected chi connectivity index (χ4v) is 6.24. The van der Waals surface area contributed by atoms with Crippen LogP contribution in [0.4, 0.5) is 10.1 Å². The van der Waals surface area contributed by atoms with Crippen LogP contribution in [0.5, 0.6) is 0 Å². The summed E-state index contributed by atoms with van der Waals surface area (Å²) in [4.78, 5) is 18.2. The SMILES string of the molecule is Cc1cc2c3n(nc2cc1C1CCN(CC(=O)N(C)C)CC1)[C@H](C)CN(c1ccc(C#N)n2ncc(F)c12)C3. The summed E-state index contributed by atoms with van der Waals surface area (Å²) in [7, 11) is 3.61. The number of nitriles is 1. The molecule has 1 atom stereocenters. The lowest BCUT2D eigenvalue weighted by Gasteiger charge is -2.34. The number of anilines is 1. The molecule has 1 fully saturated rings. The van der Waals surface area contributed by atoms with Crippen LogP contribution in [0.15, 0.2) is 30.5 Å². The van der Waals surface area contributed by atoms with E-state index in [4.69, 9.17) is 5.10 Å². The molecule has 0 saturated carbocycles. The van der Waals surface area contributed by atoms with Crippen molar-refractivity contribution in [3.8, 4) is 6.07 Å². The third-order valence-corrected chi connectivity index (χ3v) is 8.36. The second-order valence-electron chi connectivity index (χ2n) is 11.2. The number of hydrogen-bond donors (Lipinski definition) is 0. The van der Waals surface area contributed by atoms with Crippen LogP contribution in [0.1, 0.15) is 54.2 Å². The van der Waals surface area contributed by atoms with Gasteiger partial charge in [0.05, 0.1) is 42.2 Å².